The van der Waals surface area contributed by atoms with Gasteiger partial charge in [-0.15, -0.1) is 0 Å². The summed E-state index contributed by atoms with van der Waals surface area (Å²) in [6.45, 7) is 7.19. The molecule has 0 saturated heterocycles. The fraction of sp³-hybridized carbons (Fsp3) is 0.800. The highest BCUT2D eigenvalue weighted by molar-refractivity contribution is 5.75. The Balaban J connectivity index is 2.18. The maximum atomic E-state index is 11.8. The van der Waals surface area contributed by atoms with E-state index in [1.54, 1.807) is 6.33 Å². The molecule has 5 heteroatoms. The first kappa shape index (κ1) is 15.0. The molecule has 1 saturated carbocycles. The van der Waals surface area contributed by atoms with E-state index in [1.807, 2.05) is 4.68 Å². The van der Waals surface area contributed by atoms with Crippen molar-refractivity contribution in [2.45, 2.75) is 59.4 Å². The molecule has 1 fully saturated rings. The van der Waals surface area contributed by atoms with Gasteiger partial charge in [-0.2, -0.15) is 5.10 Å². The largest absolute Gasteiger partial charge is 0.481 e. The molecule has 2 unspecified atom stereocenters. The minimum Gasteiger partial charge on any atom is -0.481 e. The first-order valence-corrected chi connectivity index (χ1v) is 7.57. The Hall–Kier alpha value is -1.39. The summed E-state index contributed by atoms with van der Waals surface area (Å²) in [7, 11) is 0. The second-order valence-electron chi connectivity index (χ2n) is 6.53. The quantitative estimate of drug-likeness (QED) is 0.869. The van der Waals surface area contributed by atoms with Gasteiger partial charge in [0.25, 0.3) is 0 Å². The molecule has 1 aromatic heterocycles. The standard InChI is InChI=1S/C15H25N3O2/c1-4-12-5-6-15(7-12,14(19)20)8-13-16-10-17-18(13)9-11(2)3/h10-12H,4-9H2,1-3H3,(H,19,20). The highest BCUT2D eigenvalue weighted by Gasteiger charge is 2.45. The number of carboxylic acids is 1. The van der Waals surface area contributed by atoms with Gasteiger partial charge in [0, 0.05) is 13.0 Å². The SMILES string of the molecule is CCC1CCC(Cc2ncnn2CC(C)C)(C(=O)O)C1. The molecule has 0 amide bonds. The van der Waals surface area contributed by atoms with E-state index < -0.39 is 11.4 Å². The average Bonchev–Trinajstić information content (AvgIpc) is 2.98. The molecular formula is C15H25N3O2. The molecule has 0 radical (unpaired) electrons. The van der Waals surface area contributed by atoms with Crippen molar-refractivity contribution in [3.8, 4) is 0 Å². The summed E-state index contributed by atoms with van der Waals surface area (Å²) in [6.07, 6.45) is 5.66. The van der Waals surface area contributed by atoms with Gasteiger partial charge in [0.05, 0.1) is 5.41 Å². The van der Waals surface area contributed by atoms with Crippen LogP contribution in [0.15, 0.2) is 6.33 Å². The predicted octanol–water partition coefficient (Wildman–Crippen LogP) is 2.76. The summed E-state index contributed by atoms with van der Waals surface area (Å²) in [4.78, 5) is 16.1. The van der Waals surface area contributed by atoms with Crippen LogP contribution in [0.3, 0.4) is 0 Å². The summed E-state index contributed by atoms with van der Waals surface area (Å²) in [5.74, 6) is 1.15. The van der Waals surface area contributed by atoms with Crippen molar-refractivity contribution in [3.63, 3.8) is 0 Å². The Kier molecular flexibility index (Phi) is 4.45. The topological polar surface area (TPSA) is 68.0 Å². The molecule has 1 aliphatic carbocycles. The van der Waals surface area contributed by atoms with E-state index >= 15 is 0 Å². The lowest BCUT2D eigenvalue weighted by Gasteiger charge is -2.24. The maximum Gasteiger partial charge on any atom is 0.310 e. The van der Waals surface area contributed by atoms with Gasteiger partial charge in [-0.1, -0.05) is 27.2 Å². The Morgan fingerprint density at radius 3 is 2.90 bits per heavy atom. The molecule has 0 aliphatic heterocycles. The summed E-state index contributed by atoms with van der Waals surface area (Å²) < 4.78 is 1.87. The minimum absolute atomic E-state index is 0.475. The van der Waals surface area contributed by atoms with Crippen LogP contribution < -0.4 is 0 Å². The zero-order chi connectivity index (χ0) is 14.8. The van der Waals surface area contributed by atoms with Gasteiger partial charge >= 0.3 is 5.97 Å². The van der Waals surface area contributed by atoms with Crippen molar-refractivity contribution in [1.29, 1.82) is 0 Å². The molecule has 0 bridgehead atoms. The Labute approximate surface area is 120 Å². The summed E-state index contributed by atoms with van der Waals surface area (Å²) >= 11 is 0. The van der Waals surface area contributed by atoms with Crippen LogP contribution in [0.2, 0.25) is 0 Å². The van der Waals surface area contributed by atoms with Gasteiger partial charge < -0.3 is 5.11 Å². The third-order valence-electron chi connectivity index (χ3n) is 4.47. The number of aliphatic carboxylic acids is 1. The number of carbonyl (C=O) groups is 1. The van der Waals surface area contributed by atoms with E-state index in [-0.39, 0.29) is 0 Å². The third-order valence-corrected chi connectivity index (χ3v) is 4.47. The molecule has 2 atom stereocenters. The Morgan fingerprint density at radius 2 is 2.35 bits per heavy atom. The van der Waals surface area contributed by atoms with E-state index in [9.17, 15) is 9.90 Å². The summed E-state index contributed by atoms with van der Waals surface area (Å²) in [5, 5.41) is 13.9. The number of carboxylic acid groups (broad SMARTS) is 1. The lowest BCUT2D eigenvalue weighted by Crippen LogP contribution is -2.32. The molecule has 2 rings (SSSR count). The van der Waals surface area contributed by atoms with Gasteiger partial charge in [-0.3, -0.25) is 4.79 Å². The Morgan fingerprint density at radius 1 is 1.60 bits per heavy atom. The number of hydrogen-bond donors (Lipinski definition) is 1. The monoisotopic (exact) mass is 279 g/mol. The van der Waals surface area contributed by atoms with Gasteiger partial charge in [0.1, 0.15) is 12.2 Å². The van der Waals surface area contributed by atoms with Crippen LogP contribution in [0.1, 0.15) is 52.3 Å². The van der Waals surface area contributed by atoms with Crippen molar-refractivity contribution in [2.75, 3.05) is 0 Å². The summed E-state index contributed by atoms with van der Waals surface area (Å²) in [6, 6.07) is 0. The number of nitrogens with zero attached hydrogens (tertiary/aromatic N) is 3. The average molecular weight is 279 g/mol. The minimum atomic E-state index is -0.674. The van der Waals surface area contributed by atoms with Crippen LogP contribution in [0.25, 0.3) is 0 Å². The van der Waals surface area contributed by atoms with Crippen molar-refractivity contribution in [1.82, 2.24) is 14.8 Å². The Bertz CT molecular complexity index is 469. The van der Waals surface area contributed by atoms with E-state index in [1.165, 1.54) is 0 Å². The molecular weight excluding hydrogens is 254 g/mol. The van der Waals surface area contributed by atoms with E-state index in [0.717, 1.165) is 38.1 Å². The molecule has 20 heavy (non-hydrogen) atoms. The molecule has 5 nitrogen and oxygen atoms in total. The molecule has 1 aliphatic rings. The van der Waals surface area contributed by atoms with Crippen molar-refractivity contribution in [3.05, 3.63) is 12.2 Å². The number of rotatable bonds is 6. The van der Waals surface area contributed by atoms with Crippen LogP contribution in [0.4, 0.5) is 0 Å². The van der Waals surface area contributed by atoms with Gasteiger partial charge in [-0.05, 0) is 31.1 Å². The normalized spacial score (nSPS) is 26.3. The van der Waals surface area contributed by atoms with Crippen molar-refractivity contribution >= 4 is 5.97 Å². The molecule has 0 spiro atoms. The lowest BCUT2D eigenvalue weighted by molar-refractivity contribution is -0.148. The second kappa shape index (κ2) is 5.94. The van der Waals surface area contributed by atoms with Gasteiger partial charge in [0.15, 0.2) is 0 Å². The second-order valence-corrected chi connectivity index (χ2v) is 6.53. The van der Waals surface area contributed by atoms with Crippen LogP contribution in [0.5, 0.6) is 0 Å². The molecule has 1 N–H and O–H groups in total. The number of aromatic nitrogens is 3. The van der Waals surface area contributed by atoms with E-state index in [4.69, 9.17) is 0 Å². The molecule has 1 heterocycles. The third kappa shape index (κ3) is 3.02. The zero-order valence-corrected chi connectivity index (χ0v) is 12.7. The number of hydrogen-bond acceptors (Lipinski definition) is 3. The highest BCUT2D eigenvalue weighted by atomic mass is 16.4. The fourth-order valence-electron chi connectivity index (χ4n) is 3.24. The predicted molar refractivity (Wildman–Crippen MR) is 76.3 cm³/mol. The maximum absolute atomic E-state index is 11.8. The molecule has 0 aromatic carbocycles. The molecule has 112 valence electrons. The van der Waals surface area contributed by atoms with Crippen LogP contribution in [-0.4, -0.2) is 25.8 Å². The zero-order valence-electron chi connectivity index (χ0n) is 12.7. The summed E-state index contributed by atoms with van der Waals surface area (Å²) in [5.41, 5.74) is -0.636. The lowest BCUT2D eigenvalue weighted by atomic mass is 9.81. The van der Waals surface area contributed by atoms with Crippen molar-refractivity contribution in [2.24, 2.45) is 17.3 Å². The highest BCUT2D eigenvalue weighted by Crippen LogP contribution is 2.45. The smallest absolute Gasteiger partial charge is 0.310 e. The van der Waals surface area contributed by atoms with E-state index in [0.29, 0.717) is 18.3 Å². The van der Waals surface area contributed by atoms with Crippen molar-refractivity contribution < 1.29 is 9.90 Å². The van der Waals surface area contributed by atoms with Crippen LogP contribution >= 0.6 is 0 Å². The van der Waals surface area contributed by atoms with Crippen LogP contribution in [-0.2, 0) is 17.8 Å². The first-order chi connectivity index (χ1) is 9.47. The van der Waals surface area contributed by atoms with Crippen LogP contribution in [0, 0.1) is 17.3 Å². The first-order valence-electron chi connectivity index (χ1n) is 7.57. The van der Waals surface area contributed by atoms with Gasteiger partial charge in [-0.25, -0.2) is 9.67 Å². The fourth-order valence-corrected chi connectivity index (χ4v) is 3.24. The van der Waals surface area contributed by atoms with Gasteiger partial charge in [0.2, 0.25) is 0 Å². The van der Waals surface area contributed by atoms with E-state index in [2.05, 4.69) is 30.9 Å². The molecule has 1 aromatic rings.